The van der Waals surface area contributed by atoms with Gasteiger partial charge in [-0.1, -0.05) is 19.9 Å². The highest BCUT2D eigenvalue weighted by molar-refractivity contribution is 6.05. The minimum absolute atomic E-state index is 0.104. The molecule has 0 aliphatic heterocycles. The van der Waals surface area contributed by atoms with Crippen molar-refractivity contribution in [3.8, 4) is 0 Å². The van der Waals surface area contributed by atoms with E-state index in [2.05, 4.69) is 10.6 Å². The van der Waals surface area contributed by atoms with Gasteiger partial charge >= 0.3 is 12.1 Å². The van der Waals surface area contributed by atoms with Crippen LogP contribution >= 0.6 is 0 Å². The van der Waals surface area contributed by atoms with Crippen LogP contribution in [0, 0.1) is 5.92 Å². The molecule has 0 saturated heterocycles. The molecule has 6 nitrogen and oxygen atoms in total. The highest BCUT2D eigenvalue weighted by Crippen LogP contribution is 2.29. The van der Waals surface area contributed by atoms with Gasteiger partial charge in [-0.15, -0.1) is 0 Å². The molecule has 0 fully saturated rings. The third-order valence-corrected chi connectivity index (χ3v) is 4.95. The first-order valence-electron chi connectivity index (χ1n) is 10.1. The number of methoxy groups -OCH3 is 1. The first kappa shape index (κ1) is 24.9. The minimum Gasteiger partial charge on any atom is -0.465 e. The number of hydrogen-bond donors (Lipinski definition) is 2. The minimum atomic E-state index is -4.58. The zero-order chi connectivity index (χ0) is 23.9. The van der Waals surface area contributed by atoms with Gasteiger partial charge in [-0.25, -0.2) is 4.79 Å². The van der Waals surface area contributed by atoms with Crippen LogP contribution in [0.2, 0.25) is 0 Å². The van der Waals surface area contributed by atoms with E-state index in [-0.39, 0.29) is 35.2 Å². The topological polar surface area (TPSA) is 84.5 Å². The molecule has 0 aromatic heterocycles. The molecular weight excluding hydrogens is 425 g/mol. The Bertz CT molecular complexity index is 985. The summed E-state index contributed by atoms with van der Waals surface area (Å²) < 4.78 is 43.5. The first-order chi connectivity index (χ1) is 15.1. The fraction of sp³-hybridized carbons (Fsp3) is 0.348. The molecule has 9 heteroatoms. The van der Waals surface area contributed by atoms with E-state index in [0.29, 0.717) is 18.4 Å². The molecule has 0 spiro atoms. The summed E-state index contributed by atoms with van der Waals surface area (Å²) in [6, 6.07) is 8.41. The van der Waals surface area contributed by atoms with Crippen LogP contribution in [-0.2, 0) is 22.3 Å². The quantitative estimate of drug-likeness (QED) is 0.566. The van der Waals surface area contributed by atoms with Crippen LogP contribution in [0.3, 0.4) is 0 Å². The van der Waals surface area contributed by atoms with Crippen molar-refractivity contribution in [1.82, 2.24) is 5.32 Å². The fourth-order valence-corrected chi connectivity index (χ4v) is 3.13. The molecule has 0 aliphatic rings. The molecule has 0 bridgehead atoms. The third-order valence-electron chi connectivity index (χ3n) is 4.95. The van der Waals surface area contributed by atoms with Crippen molar-refractivity contribution in [1.29, 1.82) is 0 Å². The Balaban J connectivity index is 2.27. The van der Waals surface area contributed by atoms with Gasteiger partial charge in [-0.05, 0) is 54.8 Å². The van der Waals surface area contributed by atoms with Crippen LogP contribution in [0.25, 0.3) is 0 Å². The average molecular weight is 450 g/mol. The maximum absolute atomic E-state index is 12.9. The number of benzene rings is 2. The van der Waals surface area contributed by atoms with Gasteiger partial charge in [0.25, 0.3) is 5.91 Å². The third kappa shape index (κ3) is 6.57. The summed E-state index contributed by atoms with van der Waals surface area (Å²) >= 11 is 0. The van der Waals surface area contributed by atoms with E-state index in [9.17, 15) is 27.6 Å². The monoisotopic (exact) mass is 450 g/mol. The van der Waals surface area contributed by atoms with Gasteiger partial charge in [0, 0.05) is 23.7 Å². The summed E-state index contributed by atoms with van der Waals surface area (Å²) in [6.07, 6.45) is -3.22. The van der Waals surface area contributed by atoms with E-state index < -0.39 is 23.6 Å². The molecule has 0 atom stereocenters. The van der Waals surface area contributed by atoms with E-state index in [0.717, 1.165) is 18.2 Å². The molecule has 0 aliphatic carbocycles. The Morgan fingerprint density at radius 1 is 1.00 bits per heavy atom. The van der Waals surface area contributed by atoms with Crippen molar-refractivity contribution in [2.75, 3.05) is 12.4 Å². The Labute approximate surface area is 184 Å². The number of amides is 2. The van der Waals surface area contributed by atoms with Crippen molar-refractivity contribution < 1.29 is 32.3 Å². The van der Waals surface area contributed by atoms with E-state index in [1.807, 2.05) is 13.8 Å². The average Bonchev–Trinajstić information content (AvgIpc) is 2.77. The van der Waals surface area contributed by atoms with E-state index in [4.69, 9.17) is 4.74 Å². The van der Waals surface area contributed by atoms with E-state index in [1.54, 1.807) is 0 Å². The Morgan fingerprint density at radius 3 is 2.28 bits per heavy atom. The van der Waals surface area contributed by atoms with Crippen LogP contribution in [0.4, 0.5) is 18.9 Å². The lowest BCUT2D eigenvalue weighted by atomic mass is 10.0. The number of carbonyl (C=O) groups excluding carboxylic acids is 3. The molecule has 2 aromatic rings. The number of anilines is 1. The van der Waals surface area contributed by atoms with Crippen molar-refractivity contribution in [3.63, 3.8) is 0 Å². The van der Waals surface area contributed by atoms with Crippen molar-refractivity contribution >= 4 is 23.5 Å². The molecule has 172 valence electrons. The number of ether oxygens (including phenoxy) is 1. The van der Waals surface area contributed by atoms with Crippen molar-refractivity contribution in [3.05, 3.63) is 64.7 Å². The van der Waals surface area contributed by atoms with E-state index >= 15 is 0 Å². The number of nitrogens with one attached hydrogen (secondary N) is 2. The molecule has 2 rings (SSSR count). The molecule has 0 saturated carbocycles. The molecule has 2 amide bonds. The highest BCUT2D eigenvalue weighted by Gasteiger charge is 2.31. The smallest absolute Gasteiger partial charge is 0.416 e. The molecule has 0 unspecified atom stereocenters. The second-order valence-electron chi connectivity index (χ2n) is 7.17. The highest BCUT2D eigenvalue weighted by atomic mass is 19.4. The summed E-state index contributed by atoms with van der Waals surface area (Å²) in [4.78, 5) is 36.8. The molecule has 2 N–H and O–H groups in total. The number of halogens is 3. The standard InChI is InChI=1S/C23H25F3N2O4/c1-4-15(5-2)20(29)27-13-14-9-17(22(31)32-3)12-19(10-14)28-21(30)16-7-6-8-18(11-16)23(24,25)26/h6-12,15H,4-5,13H2,1-3H3,(H,27,29)(H,28,30). The second-order valence-corrected chi connectivity index (χ2v) is 7.17. The molecule has 0 heterocycles. The Kier molecular flexibility index (Phi) is 8.40. The summed E-state index contributed by atoms with van der Waals surface area (Å²) in [6.45, 7) is 3.92. The predicted octanol–water partition coefficient (Wildman–Crippen LogP) is 4.80. The number of alkyl halides is 3. The zero-order valence-electron chi connectivity index (χ0n) is 18.0. The normalized spacial score (nSPS) is 11.2. The molecule has 0 radical (unpaired) electrons. The summed E-state index contributed by atoms with van der Waals surface area (Å²) in [7, 11) is 1.20. The van der Waals surface area contributed by atoms with Gasteiger partial charge in [0.05, 0.1) is 18.2 Å². The maximum Gasteiger partial charge on any atom is 0.416 e. The lowest BCUT2D eigenvalue weighted by molar-refractivity contribution is -0.137. The second kappa shape index (κ2) is 10.8. The van der Waals surface area contributed by atoms with Gasteiger partial charge in [0.1, 0.15) is 0 Å². The van der Waals surface area contributed by atoms with E-state index in [1.165, 1.54) is 31.4 Å². The number of rotatable bonds is 8. The Morgan fingerprint density at radius 2 is 1.69 bits per heavy atom. The summed E-state index contributed by atoms with van der Waals surface area (Å²) in [5, 5.41) is 5.30. The maximum atomic E-state index is 12.9. The Hall–Kier alpha value is -3.36. The van der Waals surface area contributed by atoms with Gasteiger partial charge in [0.2, 0.25) is 5.91 Å². The lowest BCUT2D eigenvalue weighted by Gasteiger charge is -2.14. The van der Waals surface area contributed by atoms with Crippen LogP contribution in [0.15, 0.2) is 42.5 Å². The van der Waals surface area contributed by atoms with Gasteiger partial charge in [0.15, 0.2) is 0 Å². The SMILES string of the molecule is CCC(CC)C(=O)NCc1cc(NC(=O)c2cccc(C(F)(F)F)c2)cc(C(=O)OC)c1. The van der Waals surface area contributed by atoms with Gasteiger partial charge in [-0.3, -0.25) is 9.59 Å². The van der Waals surface area contributed by atoms with Crippen molar-refractivity contribution in [2.24, 2.45) is 5.92 Å². The van der Waals surface area contributed by atoms with Gasteiger partial charge < -0.3 is 15.4 Å². The molecule has 2 aromatic carbocycles. The van der Waals surface area contributed by atoms with Crippen LogP contribution in [0.5, 0.6) is 0 Å². The van der Waals surface area contributed by atoms with Crippen LogP contribution in [0.1, 0.15) is 58.5 Å². The van der Waals surface area contributed by atoms with Gasteiger partial charge in [-0.2, -0.15) is 13.2 Å². The summed E-state index contributed by atoms with van der Waals surface area (Å²) in [5.41, 5.74) is -0.306. The number of esters is 1. The fourth-order valence-electron chi connectivity index (χ4n) is 3.13. The van der Waals surface area contributed by atoms with Crippen LogP contribution in [-0.4, -0.2) is 24.9 Å². The lowest BCUT2D eigenvalue weighted by Crippen LogP contribution is -2.29. The number of hydrogen-bond acceptors (Lipinski definition) is 4. The van der Waals surface area contributed by atoms with Crippen molar-refractivity contribution in [2.45, 2.75) is 39.4 Å². The molecule has 32 heavy (non-hydrogen) atoms. The predicted molar refractivity (Wildman–Crippen MR) is 113 cm³/mol. The number of carbonyl (C=O) groups is 3. The largest absolute Gasteiger partial charge is 0.465 e. The summed E-state index contributed by atoms with van der Waals surface area (Å²) in [5.74, 6) is -1.70. The van der Waals surface area contributed by atoms with Crippen LogP contribution < -0.4 is 10.6 Å². The first-order valence-corrected chi connectivity index (χ1v) is 10.1. The zero-order valence-corrected chi connectivity index (χ0v) is 18.0. The molecular formula is C23H25F3N2O4.